The first-order chi connectivity index (χ1) is 9.34. The Morgan fingerprint density at radius 3 is 3.11 bits per heavy atom. The second-order valence-electron chi connectivity index (χ2n) is 5.27. The summed E-state index contributed by atoms with van der Waals surface area (Å²) in [6, 6.07) is 8.29. The number of hydrogen-bond donors (Lipinski definition) is 2. The van der Waals surface area contributed by atoms with Crippen LogP contribution >= 0.6 is 0 Å². The molecule has 1 aromatic carbocycles. The molecule has 1 aliphatic heterocycles. The standard InChI is InChI=1S/C14H16N4O/c15-11-9-5-6-19-13(9)12(11)18-14-8-3-1-2-4-10(8)16-7-17-14/h1-4,7,9,11-13H,5-6,15H2,(H,16,17,18). The maximum atomic E-state index is 6.21. The van der Waals surface area contributed by atoms with Gasteiger partial charge in [0.25, 0.3) is 0 Å². The summed E-state index contributed by atoms with van der Waals surface area (Å²) < 4.78 is 5.73. The maximum Gasteiger partial charge on any atom is 0.137 e. The molecule has 1 aliphatic carbocycles. The van der Waals surface area contributed by atoms with Gasteiger partial charge in [-0.25, -0.2) is 9.97 Å². The van der Waals surface area contributed by atoms with Gasteiger partial charge in [-0.1, -0.05) is 12.1 Å². The average Bonchev–Trinajstić information content (AvgIpc) is 2.89. The Labute approximate surface area is 111 Å². The molecule has 2 aromatic rings. The highest BCUT2D eigenvalue weighted by Crippen LogP contribution is 2.39. The Morgan fingerprint density at radius 1 is 1.26 bits per heavy atom. The summed E-state index contributed by atoms with van der Waals surface area (Å²) in [6.07, 6.45) is 2.90. The van der Waals surface area contributed by atoms with Crippen LogP contribution in [0.3, 0.4) is 0 Å². The topological polar surface area (TPSA) is 73.1 Å². The Bertz CT molecular complexity index is 612. The van der Waals surface area contributed by atoms with Crippen molar-refractivity contribution in [1.29, 1.82) is 0 Å². The van der Waals surface area contributed by atoms with E-state index in [4.69, 9.17) is 10.5 Å². The number of rotatable bonds is 2. The highest BCUT2D eigenvalue weighted by atomic mass is 16.5. The van der Waals surface area contributed by atoms with Crippen molar-refractivity contribution in [3.63, 3.8) is 0 Å². The highest BCUT2D eigenvalue weighted by Gasteiger charge is 2.52. The summed E-state index contributed by atoms with van der Waals surface area (Å²) in [5.74, 6) is 1.35. The van der Waals surface area contributed by atoms with Crippen molar-refractivity contribution in [2.24, 2.45) is 11.7 Å². The zero-order chi connectivity index (χ0) is 12.8. The first kappa shape index (κ1) is 11.1. The van der Waals surface area contributed by atoms with Crippen LogP contribution in [0.15, 0.2) is 30.6 Å². The third-order valence-electron chi connectivity index (χ3n) is 4.29. The number of anilines is 1. The molecule has 5 nitrogen and oxygen atoms in total. The molecule has 0 bridgehead atoms. The largest absolute Gasteiger partial charge is 0.376 e. The minimum absolute atomic E-state index is 0.154. The van der Waals surface area contributed by atoms with Crippen molar-refractivity contribution in [3.05, 3.63) is 30.6 Å². The Morgan fingerprint density at radius 2 is 2.16 bits per heavy atom. The lowest BCUT2D eigenvalue weighted by atomic mass is 9.72. The molecule has 2 aliphatic rings. The van der Waals surface area contributed by atoms with E-state index in [2.05, 4.69) is 15.3 Å². The molecule has 2 fully saturated rings. The molecule has 1 saturated heterocycles. The van der Waals surface area contributed by atoms with E-state index in [1.165, 1.54) is 0 Å². The zero-order valence-corrected chi connectivity index (χ0v) is 10.5. The van der Waals surface area contributed by atoms with E-state index in [-0.39, 0.29) is 18.2 Å². The summed E-state index contributed by atoms with van der Waals surface area (Å²) in [5, 5.41) is 4.47. The number of benzene rings is 1. The molecule has 1 saturated carbocycles. The average molecular weight is 256 g/mol. The predicted octanol–water partition coefficient (Wildman–Crippen LogP) is 1.16. The quantitative estimate of drug-likeness (QED) is 0.843. The molecule has 4 unspecified atom stereocenters. The van der Waals surface area contributed by atoms with E-state index in [1.807, 2.05) is 24.3 Å². The van der Waals surface area contributed by atoms with Crippen LogP contribution in [0.4, 0.5) is 5.82 Å². The second kappa shape index (κ2) is 4.15. The number of nitrogens with zero attached hydrogens (tertiary/aromatic N) is 2. The zero-order valence-electron chi connectivity index (χ0n) is 10.5. The molecule has 0 radical (unpaired) electrons. The molecule has 98 valence electrons. The molecular formula is C14H16N4O. The summed E-state index contributed by atoms with van der Waals surface area (Å²) in [4.78, 5) is 8.61. The van der Waals surface area contributed by atoms with Crippen LogP contribution in [0.25, 0.3) is 10.9 Å². The Kier molecular flexibility index (Phi) is 2.43. The van der Waals surface area contributed by atoms with Crippen molar-refractivity contribution in [3.8, 4) is 0 Å². The van der Waals surface area contributed by atoms with Gasteiger partial charge in [0, 0.05) is 24.0 Å². The van der Waals surface area contributed by atoms with Crippen LogP contribution < -0.4 is 11.1 Å². The van der Waals surface area contributed by atoms with E-state index in [1.54, 1.807) is 6.33 Å². The fourth-order valence-corrected chi connectivity index (χ4v) is 3.21. The van der Waals surface area contributed by atoms with Gasteiger partial charge in [0.05, 0.1) is 17.7 Å². The van der Waals surface area contributed by atoms with E-state index in [0.717, 1.165) is 29.7 Å². The van der Waals surface area contributed by atoms with E-state index < -0.39 is 0 Å². The molecule has 2 heterocycles. The normalized spacial score (nSPS) is 32.9. The third kappa shape index (κ3) is 1.62. The molecule has 1 aromatic heterocycles. The van der Waals surface area contributed by atoms with Gasteiger partial charge >= 0.3 is 0 Å². The molecule has 3 N–H and O–H groups in total. The van der Waals surface area contributed by atoms with Crippen molar-refractivity contribution >= 4 is 16.7 Å². The van der Waals surface area contributed by atoms with Gasteiger partial charge in [-0.2, -0.15) is 0 Å². The van der Waals surface area contributed by atoms with Crippen LogP contribution in [-0.2, 0) is 4.74 Å². The summed E-state index contributed by atoms with van der Waals surface area (Å²) in [7, 11) is 0. The Balaban J connectivity index is 1.65. The van der Waals surface area contributed by atoms with Crippen molar-refractivity contribution in [2.75, 3.05) is 11.9 Å². The van der Waals surface area contributed by atoms with Gasteiger partial charge in [0.15, 0.2) is 0 Å². The smallest absolute Gasteiger partial charge is 0.137 e. The van der Waals surface area contributed by atoms with Gasteiger partial charge in [0.1, 0.15) is 12.1 Å². The van der Waals surface area contributed by atoms with Gasteiger partial charge in [0.2, 0.25) is 0 Å². The molecule has 5 heteroatoms. The number of fused-ring (bicyclic) bond motifs is 2. The molecule has 0 spiro atoms. The number of aromatic nitrogens is 2. The van der Waals surface area contributed by atoms with Crippen LogP contribution in [0, 0.1) is 5.92 Å². The first-order valence-corrected chi connectivity index (χ1v) is 6.68. The lowest BCUT2D eigenvalue weighted by molar-refractivity contribution is 0.00529. The van der Waals surface area contributed by atoms with Gasteiger partial charge in [-0.15, -0.1) is 0 Å². The lowest BCUT2D eigenvalue weighted by Gasteiger charge is -2.45. The number of para-hydroxylation sites is 1. The monoisotopic (exact) mass is 256 g/mol. The molecule has 0 amide bonds. The first-order valence-electron chi connectivity index (χ1n) is 6.68. The molecular weight excluding hydrogens is 240 g/mol. The van der Waals surface area contributed by atoms with Crippen LogP contribution in [0.1, 0.15) is 6.42 Å². The summed E-state index contributed by atoms with van der Waals surface area (Å²) in [6.45, 7) is 0.825. The van der Waals surface area contributed by atoms with Crippen LogP contribution in [0.5, 0.6) is 0 Å². The second-order valence-corrected chi connectivity index (χ2v) is 5.27. The van der Waals surface area contributed by atoms with Crippen molar-refractivity contribution < 1.29 is 4.74 Å². The van der Waals surface area contributed by atoms with E-state index in [9.17, 15) is 0 Å². The number of hydrogen-bond acceptors (Lipinski definition) is 5. The minimum atomic E-state index is 0.154. The SMILES string of the molecule is NC1C2CCOC2C1Nc1ncnc2ccccc12. The fourth-order valence-electron chi connectivity index (χ4n) is 3.21. The summed E-state index contributed by atoms with van der Waals surface area (Å²) in [5.41, 5.74) is 7.16. The predicted molar refractivity (Wildman–Crippen MR) is 72.8 cm³/mol. The lowest BCUT2D eigenvalue weighted by Crippen LogP contribution is -2.65. The summed E-state index contributed by atoms with van der Waals surface area (Å²) >= 11 is 0. The maximum absolute atomic E-state index is 6.21. The van der Waals surface area contributed by atoms with Crippen LogP contribution in [-0.4, -0.2) is 34.8 Å². The van der Waals surface area contributed by atoms with E-state index >= 15 is 0 Å². The molecule has 19 heavy (non-hydrogen) atoms. The molecule has 4 rings (SSSR count). The van der Waals surface area contributed by atoms with Crippen molar-refractivity contribution in [2.45, 2.75) is 24.6 Å². The molecule has 4 atom stereocenters. The highest BCUT2D eigenvalue weighted by molar-refractivity contribution is 5.88. The fraction of sp³-hybridized carbons (Fsp3) is 0.429. The number of nitrogens with two attached hydrogens (primary N) is 1. The van der Waals surface area contributed by atoms with Crippen LogP contribution in [0.2, 0.25) is 0 Å². The van der Waals surface area contributed by atoms with Crippen molar-refractivity contribution in [1.82, 2.24) is 9.97 Å². The van der Waals surface area contributed by atoms with Gasteiger partial charge in [-0.05, 0) is 18.6 Å². The number of nitrogens with one attached hydrogen (secondary N) is 1. The third-order valence-corrected chi connectivity index (χ3v) is 4.29. The van der Waals surface area contributed by atoms with Gasteiger partial charge in [-0.3, -0.25) is 0 Å². The number of ether oxygens (including phenoxy) is 1. The van der Waals surface area contributed by atoms with E-state index in [0.29, 0.717) is 5.92 Å². The van der Waals surface area contributed by atoms with Gasteiger partial charge < -0.3 is 15.8 Å². The Hall–Kier alpha value is -1.72. The minimum Gasteiger partial charge on any atom is -0.376 e.